The molecule has 1 aromatic carbocycles. The van der Waals surface area contributed by atoms with Gasteiger partial charge in [0, 0.05) is 6.04 Å². The van der Waals surface area contributed by atoms with E-state index in [2.05, 4.69) is 4.98 Å². The number of rotatable bonds is 3. The summed E-state index contributed by atoms with van der Waals surface area (Å²) in [6.07, 6.45) is -0.959. The molecular formula is C21H19F3N2O2. The number of hydrogen-bond donors (Lipinski definition) is 0. The Bertz CT molecular complexity index is 896. The van der Waals surface area contributed by atoms with Crippen molar-refractivity contribution < 1.29 is 22.7 Å². The molecule has 0 saturated carbocycles. The second kappa shape index (κ2) is 7.30. The minimum Gasteiger partial charge on any atom is -0.445 e. The largest absolute Gasteiger partial charge is 0.445 e. The van der Waals surface area contributed by atoms with Crippen molar-refractivity contribution in [3.63, 3.8) is 0 Å². The molecule has 0 aliphatic carbocycles. The van der Waals surface area contributed by atoms with E-state index in [-0.39, 0.29) is 24.8 Å². The van der Waals surface area contributed by atoms with Gasteiger partial charge in [-0.2, -0.15) is 13.2 Å². The normalized spacial score (nSPS) is 21.4. The third kappa shape index (κ3) is 3.74. The van der Waals surface area contributed by atoms with E-state index in [1.165, 1.54) is 6.07 Å². The number of alkyl halides is 3. The number of carbonyl (C=O) groups excluding carboxylic acids is 1. The molecule has 1 fully saturated rings. The zero-order valence-corrected chi connectivity index (χ0v) is 15.0. The maximum Gasteiger partial charge on any atom is 0.433 e. The zero-order valence-electron chi connectivity index (χ0n) is 15.0. The van der Waals surface area contributed by atoms with Gasteiger partial charge in [0.25, 0.3) is 0 Å². The molecule has 0 N–H and O–H groups in total. The summed E-state index contributed by atoms with van der Waals surface area (Å²) in [5.74, 6) is 0. The number of carbonyl (C=O) groups is 1. The molecule has 2 aliphatic rings. The van der Waals surface area contributed by atoms with E-state index in [0.29, 0.717) is 12.1 Å². The lowest BCUT2D eigenvalue weighted by atomic mass is 9.98. The van der Waals surface area contributed by atoms with Gasteiger partial charge >= 0.3 is 12.3 Å². The maximum absolute atomic E-state index is 12.9. The molecule has 146 valence electrons. The summed E-state index contributed by atoms with van der Waals surface area (Å²) in [7, 11) is 0. The average molecular weight is 388 g/mol. The average Bonchev–Trinajstić information content (AvgIpc) is 2.96. The molecule has 1 amide bonds. The summed E-state index contributed by atoms with van der Waals surface area (Å²) in [5.41, 5.74) is 1.09. The summed E-state index contributed by atoms with van der Waals surface area (Å²) in [4.78, 5) is 18.1. The lowest BCUT2D eigenvalue weighted by Gasteiger charge is -2.33. The van der Waals surface area contributed by atoms with E-state index in [1.807, 2.05) is 36.4 Å². The Labute approximate surface area is 160 Å². The van der Waals surface area contributed by atoms with Crippen LogP contribution in [0.1, 0.15) is 36.2 Å². The highest BCUT2D eigenvalue weighted by atomic mass is 19.4. The fourth-order valence-electron chi connectivity index (χ4n) is 3.87. The van der Waals surface area contributed by atoms with Gasteiger partial charge in [0.1, 0.15) is 12.3 Å². The number of benzene rings is 1. The highest BCUT2D eigenvalue weighted by molar-refractivity contribution is 5.74. The number of ether oxygens (including phenoxy) is 1. The van der Waals surface area contributed by atoms with Gasteiger partial charge in [0.2, 0.25) is 0 Å². The van der Waals surface area contributed by atoms with Gasteiger partial charge in [-0.3, -0.25) is 4.90 Å². The zero-order chi connectivity index (χ0) is 19.7. The number of hydrogen-bond acceptors (Lipinski definition) is 3. The van der Waals surface area contributed by atoms with Crippen LogP contribution in [0.4, 0.5) is 18.0 Å². The van der Waals surface area contributed by atoms with Gasteiger partial charge in [0.05, 0.1) is 11.7 Å². The van der Waals surface area contributed by atoms with Gasteiger partial charge in [0.15, 0.2) is 0 Å². The van der Waals surface area contributed by atoms with Crippen molar-refractivity contribution in [2.75, 3.05) is 0 Å². The number of fused-ring (bicyclic) bond motifs is 2. The van der Waals surface area contributed by atoms with Crippen molar-refractivity contribution in [1.82, 2.24) is 9.88 Å². The molecule has 2 bridgehead atoms. The van der Waals surface area contributed by atoms with Crippen LogP contribution in [0.3, 0.4) is 0 Å². The number of nitrogens with zero attached hydrogens (tertiary/aromatic N) is 2. The first-order valence-electron chi connectivity index (χ1n) is 9.16. The van der Waals surface area contributed by atoms with Crippen LogP contribution < -0.4 is 0 Å². The third-order valence-electron chi connectivity index (χ3n) is 5.18. The van der Waals surface area contributed by atoms with Crippen LogP contribution in [0.5, 0.6) is 0 Å². The first-order chi connectivity index (χ1) is 13.4. The lowest BCUT2D eigenvalue weighted by molar-refractivity contribution is -0.141. The van der Waals surface area contributed by atoms with Gasteiger partial charge < -0.3 is 4.74 Å². The smallest absolute Gasteiger partial charge is 0.433 e. The Kier molecular flexibility index (Phi) is 4.83. The van der Waals surface area contributed by atoms with Crippen molar-refractivity contribution in [2.45, 2.75) is 44.1 Å². The monoisotopic (exact) mass is 388 g/mol. The van der Waals surface area contributed by atoms with E-state index in [9.17, 15) is 18.0 Å². The van der Waals surface area contributed by atoms with Gasteiger partial charge in [-0.05, 0) is 42.5 Å². The summed E-state index contributed by atoms with van der Waals surface area (Å²) < 4.78 is 44.3. The van der Waals surface area contributed by atoms with Crippen molar-refractivity contribution in [2.24, 2.45) is 0 Å². The Hall–Kier alpha value is -2.83. The quantitative estimate of drug-likeness (QED) is 0.738. The molecule has 0 spiro atoms. The fraction of sp³-hybridized carbons (Fsp3) is 0.333. The summed E-state index contributed by atoms with van der Waals surface area (Å²) in [6.45, 7) is 0.196. The minimum absolute atomic E-state index is 0.0791. The molecule has 2 aliphatic heterocycles. The van der Waals surface area contributed by atoms with Crippen molar-refractivity contribution in [1.29, 1.82) is 0 Å². The predicted molar refractivity (Wildman–Crippen MR) is 97.1 cm³/mol. The van der Waals surface area contributed by atoms with Crippen LogP contribution in [0.25, 0.3) is 5.57 Å². The van der Waals surface area contributed by atoms with Crippen LogP contribution in [-0.4, -0.2) is 28.1 Å². The topological polar surface area (TPSA) is 42.4 Å². The lowest BCUT2D eigenvalue weighted by Crippen LogP contribution is -2.43. The van der Waals surface area contributed by atoms with Gasteiger partial charge in [-0.25, -0.2) is 9.78 Å². The molecule has 0 radical (unpaired) electrons. The van der Waals surface area contributed by atoms with Crippen LogP contribution >= 0.6 is 0 Å². The van der Waals surface area contributed by atoms with E-state index >= 15 is 0 Å². The first-order valence-corrected chi connectivity index (χ1v) is 9.16. The Morgan fingerprint density at radius 2 is 1.89 bits per heavy atom. The fourth-order valence-corrected chi connectivity index (χ4v) is 3.87. The van der Waals surface area contributed by atoms with Crippen LogP contribution in [0.15, 0.2) is 54.6 Å². The van der Waals surface area contributed by atoms with Crippen molar-refractivity contribution in [3.05, 3.63) is 71.6 Å². The molecule has 1 saturated heterocycles. The molecule has 3 heterocycles. The minimum atomic E-state index is -4.47. The predicted octanol–water partition coefficient (Wildman–Crippen LogP) is 5.06. The summed E-state index contributed by atoms with van der Waals surface area (Å²) in [6, 6.07) is 13.1. The highest BCUT2D eigenvalue weighted by Gasteiger charge is 2.41. The van der Waals surface area contributed by atoms with Crippen molar-refractivity contribution >= 4 is 11.7 Å². The molecule has 2 unspecified atom stereocenters. The SMILES string of the molecule is O=C(OCc1ccccc1)N1C2C=C(c3cccc(C(F)(F)F)n3)CC1CC2. The molecule has 4 rings (SSSR count). The van der Waals surface area contributed by atoms with Crippen molar-refractivity contribution in [3.8, 4) is 0 Å². The number of amides is 1. The summed E-state index contributed by atoms with van der Waals surface area (Å²) in [5, 5.41) is 0. The van der Waals surface area contributed by atoms with E-state index < -0.39 is 11.9 Å². The van der Waals surface area contributed by atoms with E-state index in [1.54, 1.807) is 11.0 Å². The maximum atomic E-state index is 12.9. The third-order valence-corrected chi connectivity index (χ3v) is 5.18. The van der Waals surface area contributed by atoms with Crippen LogP contribution in [-0.2, 0) is 17.5 Å². The molecule has 7 heteroatoms. The summed E-state index contributed by atoms with van der Waals surface area (Å²) >= 11 is 0. The van der Waals surface area contributed by atoms with Crippen LogP contribution in [0, 0.1) is 0 Å². The molecule has 2 atom stereocenters. The van der Waals surface area contributed by atoms with Crippen LogP contribution in [0.2, 0.25) is 0 Å². The Morgan fingerprint density at radius 1 is 1.11 bits per heavy atom. The number of pyridine rings is 1. The van der Waals surface area contributed by atoms with Gasteiger partial charge in [-0.1, -0.05) is 42.5 Å². The molecule has 4 nitrogen and oxygen atoms in total. The van der Waals surface area contributed by atoms with E-state index in [4.69, 9.17) is 4.74 Å². The first kappa shape index (κ1) is 18.5. The standard InChI is InChI=1S/C21H19F3N2O2/c22-21(23,24)19-8-4-7-18(25-19)15-11-16-9-10-17(12-15)26(16)20(27)28-13-14-5-2-1-3-6-14/h1-8,11,16-17H,9-10,12-13H2. The highest BCUT2D eigenvalue weighted by Crippen LogP contribution is 2.39. The second-order valence-electron chi connectivity index (χ2n) is 7.05. The molecule has 1 aromatic heterocycles. The molecular weight excluding hydrogens is 369 g/mol. The molecule has 28 heavy (non-hydrogen) atoms. The number of aromatic nitrogens is 1. The van der Waals surface area contributed by atoms with E-state index in [0.717, 1.165) is 30.0 Å². The molecule has 2 aromatic rings. The number of halogens is 3. The Morgan fingerprint density at radius 3 is 2.61 bits per heavy atom. The van der Waals surface area contributed by atoms with Gasteiger partial charge in [-0.15, -0.1) is 0 Å². The second-order valence-corrected chi connectivity index (χ2v) is 7.05. The Balaban J connectivity index is 1.49.